The molecule has 0 aliphatic heterocycles. The molecule has 0 radical (unpaired) electrons. The Morgan fingerprint density at radius 2 is 2.03 bits per heavy atom. The van der Waals surface area contributed by atoms with Gasteiger partial charge in [0.25, 0.3) is 5.91 Å². The van der Waals surface area contributed by atoms with Crippen LogP contribution in [0, 0.1) is 12.3 Å². The van der Waals surface area contributed by atoms with Crippen LogP contribution < -0.4 is 5.32 Å². The first-order valence-corrected chi connectivity index (χ1v) is 10.1. The molecular weight excluding hydrogens is 386 g/mol. The Labute approximate surface area is 175 Å². The molecule has 29 heavy (non-hydrogen) atoms. The number of carbonyl (C=O) groups is 1. The number of aryl methyl sites for hydroxylation is 1. The van der Waals surface area contributed by atoms with E-state index < -0.39 is 0 Å². The fraction of sp³-hybridized carbons (Fsp3) is 0.364. The molecule has 3 aromatic rings. The fourth-order valence-electron chi connectivity index (χ4n) is 3.89. The lowest BCUT2D eigenvalue weighted by atomic mass is 9.74. The molecule has 1 atom stereocenters. The smallest absolute Gasteiger partial charge is 0.271 e. The van der Waals surface area contributed by atoms with Crippen LogP contribution in [0.15, 0.2) is 42.9 Å². The third-order valence-electron chi connectivity index (χ3n) is 5.36. The molecule has 1 aliphatic rings. The second-order valence-electron chi connectivity index (χ2n) is 8.41. The minimum absolute atomic E-state index is 0.0299. The third-order valence-corrected chi connectivity index (χ3v) is 5.72. The molecule has 150 valence electrons. The van der Waals surface area contributed by atoms with Gasteiger partial charge in [-0.25, -0.2) is 4.98 Å². The van der Waals surface area contributed by atoms with E-state index in [4.69, 9.17) is 11.6 Å². The molecule has 1 aliphatic carbocycles. The highest BCUT2D eigenvalue weighted by atomic mass is 35.5. The van der Waals surface area contributed by atoms with E-state index in [1.165, 1.54) is 6.20 Å². The van der Waals surface area contributed by atoms with Crippen LogP contribution in [0.2, 0.25) is 5.02 Å². The Kier molecular flexibility index (Phi) is 5.13. The highest BCUT2D eigenvalue weighted by Gasteiger charge is 2.36. The molecule has 4 rings (SSSR count). The summed E-state index contributed by atoms with van der Waals surface area (Å²) in [6.07, 6.45) is 6.71. The van der Waals surface area contributed by atoms with Crippen LogP contribution in [0.5, 0.6) is 0 Å². The normalized spacial score (nSPS) is 17.6. The number of fused-ring (bicyclic) bond motifs is 1. The highest BCUT2D eigenvalue weighted by molar-refractivity contribution is 6.31. The van der Waals surface area contributed by atoms with Crippen molar-refractivity contribution in [3.63, 3.8) is 0 Å². The van der Waals surface area contributed by atoms with Gasteiger partial charge in [0.1, 0.15) is 5.69 Å². The summed E-state index contributed by atoms with van der Waals surface area (Å²) in [7, 11) is 0. The standard InChI is InChI=1S/C22H24ClN5O/c1-14-10-25-19(12-24-14)21(29)27-18-8-22(2,3)9-20-16(18)11-26-28(20)13-15-6-4-5-7-17(15)23/h4-7,10-12,18H,8-9,13H2,1-3H3,(H,27,29)/t18-/m1/s1. The molecule has 1 amide bonds. The SMILES string of the molecule is Cc1cnc(C(=O)N[C@@H]2CC(C)(C)Cc3c2cnn3Cc2ccccc2Cl)cn1. The number of amides is 1. The second-order valence-corrected chi connectivity index (χ2v) is 8.82. The summed E-state index contributed by atoms with van der Waals surface area (Å²) in [5.41, 5.74) is 4.36. The Morgan fingerprint density at radius 1 is 1.24 bits per heavy atom. The van der Waals surface area contributed by atoms with Crippen LogP contribution in [0.4, 0.5) is 0 Å². The predicted octanol–water partition coefficient (Wildman–Crippen LogP) is 4.13. The number of benzene rings is 1. The monoisotopic (exact) mass is 409 g/mol. The minimum Gasteiger partial charge on any atom is -0.344 e. The Bertz CT molecular complexity index is 1040. The van der Waals surface area contributed by atoms with Gasteiger partial charge in [0, 0.05) is 22.5 Å². The molecule has 0 saturated heterocycles. The van der Waals surface area contributed by atoms with Gasteiger partial charge in [-0.2, -0.15) is 5.10 Å². The van der Waals surface area contributed by atoms with E-state index in [0.29, 0.717) is 12.2 Å². The van der Waals surface area contributed by atoms with Crippen molar-refractivity contribution in [3.8, 4) is 0 Å². The van der Waals surface area contributed by atoms with Crippen LogP contribution in [0.3, 0.4) is 0 Å². The first-order chi connectivity index (χ1) is 13.8. The topological polar surface area (TPSA) is 72.7 Å². The number of hydrogen-bond acceptors (Lipinski definition) is 4. The van der Waals surface area contributed by atoms with Crippen molar-refractivity contribution in [1.82, 2.24) is 25.1 Å². The molecule has 0 spiro atoms. The van der Waals surface area contributed by atoms with Crippen molar-refractivity contribution >= 4 is 17.5 Å². The highest BCUT2D eigenvalue weighted by Crippen LogP contribution is 2.41. The molecule has 0 fully saturated rings. The Hall–Kier alpha value is -2.73. The summed E-state index contributed by atoms with van der Waals surface area (Å²) >= 11 is 6.35. The molecule has 0 bridgehead atoms. The maximum Gasteiger partial charge on any atom is 0.271 e. The predicted molar refractivity (Wildman–Crippen MR) is 112 cm³/mol. The maximum atomic E-state index is 12.7. The van der Waals surface area contributed by atoms with E-state index in [9.17, 15) is 4.79 Å². The van der Waals surface area contributed by atoms with Crippen molar-refractivity contribution < 1.29 is 4.79 Å². The molecule has 2 aromatic heterocycles. The number of carbonyl (C=O) groups excluding carboxylic acids is 1. The van der Waals surface area contributed by atoms with E-state index >= 15 is 0 Å². The lowest BCUT2D eigenvalue weighted by Gasteiger charge is -2.36. The molecule has 1 N–H and O–H groups in total. The summed E-state index contributed by atoms with van der Waals surface area (Å²) in [5, 5.41) is 8.49. The van der Waals surface area contributed by atoms with Crippen LogP contribution >= 0.6 is 11.6 Å². The van der Waals surface area contributed by atoms with E-state index in [1.54, 1.807) is 6.20 Å². The van der Waals surface area contributed by atoms with Gasteiger partial charge in [-0.15, -0.1) is 0 Å². The van der Waals surface area contributed by atoms with Crippen molar-refractivity contribution in [2.75, 3.05) is 0 Å². The molecule has 0 saturated carbocycles. The van der Waals surface area contributed by atoms with Gasteiger partial charge < -0.3 is 5.32 Å². The summed E-state index contributed by atoms with van der Waals surface area (Å²) < 4.78 is 2.00. The lowest BCUT2D eigenvalue weighted by molar-refractivity contribution is 0.0913. The summed E-state index contributed by atoms with van der Waals surface area (Å²) in [5.74, 6) is -0.218. The van der Waals surface area contributed by atoms with Gasteiger partial charge in [-0.1, -0.05) is 43.6 Å². The summed E-state index contributed by atoms with van der Waals surface area (Å²) in [6.45, 7) is 6.88. The maximum absolute atomic E-state index is 12.7. The van der Waals surface area contributed by atoms with E-state index in [2.05, 4.69) is 34.2 Å². The van der Waals surface area contributed by atoms with E-state index in [0.717, 1.165) is 40.4 Å². The lowest BCUT2D eigenvalue weighted by Crippen LogP contribution is -2.37. The minimum atomic E-state index is -0.218. The third kappa shape index (κ3) is 4.17. The van der Waals surface area contributed by atoms with Gasteiger partial charge >= 0.3 is 0 Å². The number of hydrogen-bond donors (Lipinski definition) is 1. The van der Waals surface area contributed by atoms with Gasteiger partial charge in [0.05, 0.1) is 30.7 Å². The summed E-state index contributed by atoms with van der Waals surface area (Å²) in [4.78, 5) is 21.1. The van der Waals surface area contributed by atoms with Gasteiger partial charge in [-0.05, 0) is 36.8 Å². The zero-order chi connectivity index (χ0) is 20.6. The molecule has 2 heterocycles. The molecular formula is C22H24ClN5O. The van der Waals surface area contributed by atoms with Crippen molar-refractivity contribution in [1.29, 1.82) is 0 Å². The van der Waals surface area contributed by atoms with Gasteiger partial charge in [0.2, 0.25) is 0 Å². The number of aromatic nitrogens is 4. The van der Waals surface area contributed by atoms with Crippen LogP contribution in [0.25, 0.3) is 0 Å². The van der Waals surface area contributed by atoms with Crippen LogP contribution in [0.1, 0.15) is 59.3 Å². The number of nitrogens with zero attached hydrogens (tertiary/aromatic N) is 4. The quantitative estimate of drug-likeness (QED) is 0.703. The molecule has 0 unspecified atom stereocenters. The number of halogens is 1. The average Bonchev–Trinajstić information content (AvgIpc) is 3.05. The van der Waals surface area contributed by atoms with Gasteiger partial charge in [-0.3, -0.25) is 14.5 Å². The summed E-state index contributed by atoms with van der Waals surface area (Å²) in [6, 6.07) is 7.69. The first kappa shape index (κ1) is 19.6. The zero-order valence-electron chi connectivity index (χ0n) is 16.8. The van der Waals surface area contributed by atoms with Crippen LogP contribution in [-0.2, 0) is 13.0 Å². The van der Waals surface area contributed by atoms with E-state index in [1.807, 2.05) is 42.1 Å². The zero-order valence-corrected chi connectivity index (χ0v) is 17.6. The van der Waals surface area contributed by atoms with Gasteiger partial charge in [0.15, 0.2) is 0 Å². The first-order valence-electron chi connectivity index (χ1n) is 9.70. The van der Waals surface area contributed by atoms with E-state index in [-0.39, 0.29) is 17.4 Å². The average molecular weight is 410 g/mol. The largest absolute Gasteiger partial charge is 0.344 e. The fourth-order valence-corrected chi connectivity index (χ4v) is 4.09. The van der Waals surface area contributed by atoms with Crippen molar-refractivity contribution in [2.24, 2.45) is 5.41 Å². The van der Waals surface area contributed by atoms with Crippen molar-refractivity contribution in [3.05, 3.63) is 76.1 Å². The number of rotatable bonds is 4. The number of nitrogens with one attached hydrogen (secondary N) is 1. The van der Waals surface area contributed by atoms with Crippen LogP contribution in [-0.4, -0.2) is 25.7 Å². The molecule has 7 heteroatoms. The second kappa shape index (κ2) is 7.59. The molecule has 6 nitrogen and oxygen atoms in total. The Morgan fingerprint density at radius 3 is 2.76 bits per heavy atom. The van der Waals surface area contributed by atoms with Crippen molar-refractivity contribution in [2.45, 2.75) is 46.2 Å². The molecule has 1 aromatic carbocycles. The Balaban J connectivity index is 1.61.